The van der Waals surface area contributed by atoms with Gasteiger partial charge >= 0.3 is 0 Å². The Balaban J connectivity index is 1.84. The number of carbonyl (C=O) groups is 1. The second kappa shape index (κ2) is 7.05. The smallest absolute Gasteiger partial charge is 0.225 e. The summed E-state index contributed by atoms with van der Waals surface area (Å²) in [6.07, 6.45) is 5.19. The van der Waals surface area contributed by atoms with Crippen LogP contribution in [0, 0.1) is 5.41 Å². The van der Waals surface area contributed by atoms with Crippen molar-refractivity contribution in [3.8, 4) is 0 Å². The highest BCUT2D eigenvalue weighted by Crippen LogP contribution is 2.40. The molecule has 3 rings (SSSR count). The van der Waals surface area contributed by atoms with Gasteiger partial charge in [-0.1, -0.05) is 20.8 Å². The van der Waals surface area contributed by atoms with Crippen LogP contribution < -0.4 is 10.2 Å². The Morgan fingerprint density at radius 2 is 2.17 bits per heavy atom. The third-order valence-corrected chi connectivity index (χ3v) is 4.77. The Morgan fingerprint density at radius 3 is 2.88 bits per heavy atom. The van der Waals surface area contributed by atoms with E-state index < -0.39 is 0 Å². The Bertz CT molecular complexity index is 597. The number of hydrogen-bond donors (Lipinski definition) is 1. The third kappa shape index (κ3) is 3.86. The molecule has 1 aliphatic carbocycles. The summed E-state index contributed by atoms with van der Waals surface area (Å²) in [6, 6.07) is 0.0153. The molecule has 2 heterocycles. The minimum absolute atomic E-state index is 0.0153. The van der Waals surface area contributed by atoms with E-state index in [1.807, 2.05) is 13.1 Å². The van der Waals surface area contributed by atoms with E-state index in [1.165, 1.54) is 0 Å². The van der Waals surface area contributed by atoms with Crippen molar-refractivity contribution in [1.29, 1.82) is 0 Å². The average Bonchev–Trinajstić information content (AvgIpc) is 2.54. The van der Waals surface area contributed by atoms with Gasteiger partial charge < -0.3 is 15.0 Å². The predicted octanol–water partition coefficient (Wildman–Crippen LogP) is 2.24. The van der Waals surface area contributed by atoms with Crippen LogP contribution in [-0.2, 0) is 16.0 Å². The number of anilines is 1. The van der Waals surface area contributed by atoms with Crippen molar-refractivity contribution in [1.82, 2.24) is 15.3 Å². The molecule has 0 saturated carbocycles. The van der Waals surface area contributed by atoms with Crippen molar-refractivity contribution in [2.24, 2.45) is 5.41 Å². The van der Waals surface area contributed by atoms with E-state index in [2.05, 4.69) is 29.0 Å². The van der Waals surface area contributed by atoms with Crippen molar-refractivity contribution in [3.63, 3.8) is 0 Å². The lowest BCUT2D eigenvalue weighted by molar-refractivity contribution is -0.122. The lowest BCUT2D eigenvalue weighted by Gasteiger charge is -2.37. The number of carbonyl (C=O) groups excluding carboxylic acids is 1. The monoisotopic (exact) mass is 332 g/mol. The van der Waals surface area contributed by atoms with Crippen LogP contribution in [0.5, 0.6) is 0 Å². The summed E-state index contributed by atoms with van der Waals surface area (Å²) in [4.78, 5) is 23.7. The Labute approximate surface area is 144 Å². The standard InChI is InChI=1S/C18H28N4O2/c1-4-5-16(23)20-14-10-18(2,3)11-15-13(14)12-19-17(21-15)22-6-8-24-9-7-22/h12,14H,4-11H2,1-3H3,(H,20,23)/t14-/m1/s1. The molecule has 2 aliphatic rings. The van der Waals surface area contributed by atoms with Gasteiger partial charge in [-0.3, -0.25) is 4.79 Å². The van der Waals surface area contributed by atoms with E-state index in [-0.39, 0.29) is 17.4 Å². The predicted molar refractivity (Wildman–Crippen MR) is 93.0 cm³/mol. The number of aromatic nitrogens is 2. The first-order chi connectivity index (χ1) is 11.5. The molecule has 1 aromatic rings. The number of ether oxygens (including phenoxy) is 1. The highest BCUT2D eigenvalue weighted by Gasteiger charge is 2.34. The molecule has 1 aliphatic heterocycles. The summed E-state index contributed by atoms with van der Waals surface area (Å²) < 4.78 is 5.41. The van der Waals surface area contributed by atoms with Gasteiger partial charge in [0.15, 0.2) is 0 Å². The number of fused-ring (bicyclic) bond motifs is 1. The normalized spacial score (nSPS) is 22.8. The number of amides is 1. The molecular formula is C18H28N4O2. The molecule has 0 unspecified atom stereocenters. The quantitative estimate of drug-likeness (QED) is 0.916. The zero-order valence-corrected chi connectivity index (χ0v) is 15.0. The summed E-state index contributed by atoms with van der Waals surface area (Å²) in [5, 5.41) is 3.18. The molecule has 0 spiro atoms. The number of rotatable bonds is 4. The topological polar surface area (TPSA) is 67.4 Å². The van der Waals surface area contributed by atoms with Crippen LogP contribution >= 0.6 is 0 Å². The van der Waals surface area contributed by atoms with Crippen LogP contribution in [0.2, 0.25) is 0 Å². The molecule has 1 N–H and O–H groups in total. The van der Waals surface area contributed by atoms with Gasteiger partial charge in [-0.15, -0.1) is 0 Å². The maximum absolute atomic E-state index is 12.1. The van der Waals surface area contributed by atoms with E-state index in [0.29, 0.717) is 6.42 Å². The molecule has 6 heteroatoms. The zero-order chi connectivity index (χ0) is 17.2. The molecule has 0 bridgehead atoms. The SMILES string of the molecule is CCCC(=O)N[C@@H]1CC(C)(C)Cc2nc(N3CCOCC3)ncc21. The first kappa shape index (κ1) is 17.1. The fourth-order valence-electron chi connectivity index (χ4n) is 3.57. The molecule has 1 fully saturated rings. The van der Waals surface area contributed by atoms with Crippen molar-refractivity contribution in [2.45, 2.75) is 52.5 Å². The Hall–Kier alpha value is -1.69. The number of hydrogen-bond acceptors (Lipinski definition) is 5. The highest BCUT2D eigenvalue weighted by atomic mass is 16.5. The highest BCUT2D eigenvalue weighted by molar-refractivity contribution is 5.76. The Kier molecular flexibility index (Phi) is 5.04. The minimum Gasteiger partial charge on any atom is -0.378 e. The fraction of sp³-hybridized carbons (Fsp3) is 0.722. The molecule has 1 aromatic heterocycles. The van der Waals surface area contributed by atoms with Gasteiger partial charge in [0.2, 0.25) is 11.9 Å². The molecule has 6 nitrogen and oxygen atoms in total. The van der Waals surface area contributed by atoms with Crippen molar-refractivity contribution >= 4 is 11.9 Å². The number of nitrogens with one attached hydrogen (secondary N) is 1. The van der Waals surface area contributed by atoms with Gasteiger partial charge in [0.05, 0.1) is 24.9 Å². The van der Waals surface area contributed by atoms with Crippen molar-refractivity contribution < 1.29 is 9.53 Å². The van der Waals surface area contributed by atoms with E-state index in [1.54, 1.807) is 0 Å². The second-order valence-electron chi connectivity index (χ2n) is 7.59. The van der Waals surface area contributed by atoms with E-state index >= 15 is 0 Å². The number of morpholine rings is 1. The van der Waals surface area contributed by atoms with Crippen LogP contribution in [0.4, 0.5) is 5.95 Å². The van der Waals surface area contributed by atoms with E-state index in [0.717, 1.165) is 62.8 Å². The van der Waals surface area contributed by atoms with E-state index in [4.69, 9.17) is 9.72 Å². The summed E-state index contributed by atoms with van der Waals surface area (Å²) in [7, 11) is 0. The average molecular weight is 332 g/mol. The van der Waals surface area contributed by atoms with Crippen LogP contribution in [0.25, 0.3) is 0 Å². The van der Waals surface area contributed by atoms with Crippen LogP contribution in [-0.4, -0.2) is 42.2 Å². The van der Waals surface area contributed by atoms with Gasteiger partial charge in [0.25, 0.3) is 0 Å². The molecule has 24 heavy (non-hydrogen) atoms. The van der Waals surface area contributed by atoms with Crippen LogP contribution in [0.15, 0.2) is 6.20 Å². The molecular weight excluding hydrogens is 304 g/mol. The summed E-state index contributed by atoms with van der Waals surface area (Å²) >= 11 is 0. The third-order valence-electron chi connectivity index (χ3n) is 4.77. The van der Waals surface area contributed by atoms with Gasteiger partial charge in [0, 0.05) is 31.3 Å². The van der Waals surface area contributed by atoms with Crippen LogP contribution in [0.1, 0.15) is 57.3 Å². The van der Waals surface area contributed by atoms with Crippen LogP contribution in [0.3, 0.4) is 0 Å². The maximum Gasteiger partial charge on any atom is 0.225 e. The molecule has 0 radical (unpaired) electrons. The largest absolute Gasteiger partial charge is 0.378 e. The van der Waals surface area contributed by atoms with Gasteiger partial charge in [0.1, 0.15) is 0 Å². The number of nitrogens with zero attached hydrogens (tertiary/aromatic N) is 3. The van der Waals surface area contributed by atoms with E-state index in [9.17, 15) is 4.79 Å². The van der Waals surface area contributed by atoms with Gasteiger partial charge in [-0.05, 0) is 24.7 Å². The zero-order valence-electron chi connectivity index (χ0n) is 15.0. The summed E-state index contributed by atoms with van der Waals surface area (Å²) in [6.45, 7) is 9.62. The lowest BCUT2D eigenvalue weighted by Crippen LogP contribution is -2.39. The lowest BCUT2D eigenvalue weighted by atomic mass is 9.74. The summed E-state index contributed by atoms with van der Waals surface area (Å²) in [5.41, 5.74) is 2.27. The molecule has 1 atom stereocenters. The molecule has 132 valence electrons. The van der Waals surface area contributed by atoms with Crippen molar-refractivity contribution in [3.05, 3.63) is 17.5 Å². The van der Waals surface area contributed by atoms with Gasteiger partial charge in [-0.2, -0.15) is 0 Å². The Morgan fingerprint density at radius 1 is 1.42 bits per heavy atom. The minimum atomic E-state index is 0.0153. The fourth-order valence-corrected chi connectivity index (χ4v) is 3.57. The molecule has 1 amide bonds. The maximum atomic E-state index is 12.1. The second-order valence-corrected chi connectivity index (χ2v) is 7.59. The van der Waals surface area contributed by atoms with Gasteiger partial charge in [-0.25, -0.2) is 9.97 Å². The molecule has 1 saturated heterocycles. The van der Waals surface area contributed by atoms with Crippen molar-refractivity contribution in [2.75, 3.05) is 31.2 Å². The first-order valence-electron chi connectivity index (χ1n) is 8.96. The summed E-state index contributed by atoms with van der Waals surface area (Å²) in [5.74, 6) is 0.900. The first-order valence-corrected chi connectivity index (χ1v) is 8.96. The molecule has 0 aromatic carbocycles.